The van der Waals surface area contributed by atoms with Gasteiger partial charge < -0.3 is 18.9 Å². The summed E-state index contributed by atoms with van der Waals surface area (Å²) in [5.41, 5.74) is 3.57. The number of para-hydroxylation sites is 1. The lowest BCUT2D eigenvalue weighted by Gasteiger charge is -2.15. The normalized spacial score (nSPS) is 10.3. The molecule has 0 aromatic heterocycles. The molecule has 0 aliphatic carbocycles. The van der Waals surface area contributed by atoms with Crippen molar-refractivity contribution in [1.29, 1.82) is 0 Å². The van der Waals surface area contributed by atoms with E-state index in [9.17, 15) is 0 Å². The molecule has 0 amide bonds. The summed E-state index contributed by atoms with van der Waals surface area (Å²) in [5.74, 6) is 7.80. The first-order valence-electron chi connectivity index (χ1n) is 9.26. The molecule has 0 unspecified atom stereocenters. The lowest BCUT2D eigenvalue weighted by molar-refractivity contribution is -0.106. The molecule has 0 atom stereocenters. The van der Waals surface area contributed by atoms with Crippen molar-refractivity contribution in [3.8, 4) is 23.3 Å². The van der Waals surface area contributed by atoms with Crippen LogP contribution >= 0.6 is 0 Å². The van der Waals surface area contributed by atoms with E-state index >= 15 is 0 Å². The Morgan fingerprint density at radius 1 is 0.724 bits per heavy atom. The van der Waals surface area contributed by atoms with Crippen molar-refractivity contribution in [3.05, 3.63) is 95.1 Å². The third-order valence-corrected chi connectivity index (χ3v) is 4.38. The van der Waals surface area contributed by atoms with Gasteiger partial charge in [0.1, 0.15) is 18.1 Å². The lowest BCUT2D eigenvalue weighted by Crippen LogP contribution is -2.04. The monoisotopic (exact) mass is 388 g/mol. The lowest BCUT2D eigenvalue weighted by atomic mass is 10.1. The Kier molecular flexibility index (Phi) is 7.29. The summed E-state index contributed by atoms with van der Waals surface area (Å²) in [6.07, 6.45) is -0.446. The van der Waals surface area contributed by atoms with E-state index < -0.39 is 6.29 Å². The molecule has 4 nitrogen and oxygen atoms in total. The molecule has 0 heterocycles. The smallest absolute Gasteiger partial charge is 0.183 e. The highest BCUT2D eigenvalue weighted by atomic mass is 16.7. The highest BCUT2D eigenvalue weighted by Crippen LogP contribution is 2.26. The van der Waals surface area contributed by atoms with Crippen LogP contribution in [-0.4, -0.2) is 21.3 Å². The van der Waals surface area contributed by atoms with Gasteiger partial charge in [-0.15, -0.1) is 0 Å². The Morgan fingerprint density at radius 3 is 2.07 bits per heavy atom. The summed E-state index contributed by atoms with van der Waals surface area (Å²) in [5, 5.41) is 0. The predicted molar refractivity (Wildman–Crippen MR) is 113 cm³/mol. The van der Waals surface area contributed by atoms with E-state index in [-0.39, 0.29) is 0 Å². The van der Waals surface area contributed by atoms with Crippen LogP contribution in [0.15, 0.2) is 72.8 Å². The highest BCUT2D eigenvalue weighted by Gasteiger charge is 2.11. The average molecular weight is 388 g/mol. The summed E-state index contributed by atoms with van der Waals surface area (Å²) in [6.45, 7) is 0.493. The fourth-order valence-electron chi connectivity index (χ4n) is 2.89. The molecule has 0 N–H and O–H groups in total. The molecule has 0 aliphatic rings. The van der Waals surface area contributed by atoms with Crippen LogP contribution in [0.2, 0.25) is 0 Å². The standard InChI is InChI=1S/C25H24O4/c1-26-24-17-22(25(27-2)28-3)16-15-21(24)14-13-20-11-7-8-12-23(20)29-18-19-9-5-4-6-10-19/h4-12,15-17,25H,18H2,1-3H3. The van der Waals surface area contributed by atoms with Gasteiger partial charge >= 0.3 is 0 Å². The summed E-state index contributed by atoms with van der Waals surface area (Å²) in [7, 11) is 4.82. The Morgan fingerprint density at radius 2 is 1.38 bits per heavy atom. The number of methoxy groups -OCH3 is 3. The minimum atomic E-state index is -0.446. The SMILES string of the molecule is COc1cc(C(OC)OC)ccc1C#Cc1ccccc1OCc1ccccc1. The third kappa shape index (κ3) is 5.39. The fourth-order valence-corrected chi connectivity index (χ4v) is 2.89. The molecule has 148 valence electrons. The molecule has 4 heteroatoms. The van der Waals surface area contributed by atoms with Crippen LogP contribution in [0.5, 0.6) is 11.5 Å². The summed E-state index contributed by atoms with van der Waals surface area (Å²) in [6, 6.07) is 23.5. The molecule has 0 saturated heterocycles. The molecule has 0 radical (unpaired) electrons. The highest BCUT2D eigenvalue weighted by molar-refractivity contribution is 5.54. The van der Waals surface area contributed by atoms with E-state index in [1.54, 1.807) is 21.3 Å². The number of hydrogen-bond donors (Lipinski definition) is 0. The maximum absolute atomic E-state index is 5.98. The van der Waals surface area contributed by atoms with Gasteiger partial charge in [-0.1, -0.05) is 60.4 Å². The molecule has 3 rings (SSSR count). The van der Waals surface area contributed by atoms with Gasteiger partial charge in [0, 0.05) is 19.8 Å². The van der Waals surface area contributed by atoms with E-state index in [1.165, 1.54) is 0 Å². The van der Waals surface area contributed by atoms with E-state index in [0.717, 1.165) is 28.0 Å². The van der Waals surface area contributed by atoms with Gasteiger partial charge in [-0.2, -0.15) is 0 Å². The van der Waals surface area contributed by atoms with Crippen molar-refractivity contribution >= 4 is 0 Å². The molecular weight excluding hydrogens is 364 g/mol. The van der Waals surface area contributed by atoms with Crippen molar-refractivity contribution in [2.24, 2.45) is 0 Å². The van der Waals surface area contributed by atoms with E-state index in [2.05, 4.69) is 11.8 Å². The molecule has 29 heavy (non-hydrogen) atoms. The first kappa shape index (κ1) is 20.5. The van der Waals surface area contributed by atoms with Crippen LogP contribution in [0.25, 0.3) is 0 Å². The summed E-state index contributed by atoms with van der Waals surface area (Å²) < 4.78 is 22.1. The zero-order valence-electron chi connectivity index (χ0n) is 16.8. The fraction of sp³-hybridized carbons (Fsp3) is 0.200. The van der Waals surface area contributed by atoms with E-state index in [1.807, 2.05) is 72.8 Å². The van der Waals surface area contributed by atoms with Gasteiger partial charge in [-0.05, 0) is 29.8 Å². The molecule has 3 aromatic rings. The van der Waals surface area contributed by atoms with Crippen molar-refractivity contribution in [2.45, 2.75) is 12.9 Å². The van der Waals surface area contributed by atoms with Crippen molar-refractivity contribution in [2.75, 3.05) is 21.3 Å². The Hall–Kier alpha value is -3.26. The minimum Gasteiger partial charge on any atom is -0.495 e. The van der Waals surface area contributed by atoms with Crippen LogP contribution in [0.1, 0.15) is 28.5 Å². The van der Waals surface area contributed by atoms with Crippen molar-refractivity contribution < 1.29 is 18.9 Å². The summed E-state index contributed by atoms with van der Waals surface area (Å²) in [4.78, 5) is 0. The molecule has 0 fully saturated rings. The first-order chi connectivity index (χ1) is 14.2. The van der Waals surface area contributed by atoms with Gasteiger partial charge in [0.25, 0.3) is 0 Å². The average Bonchev–Trinajstić information content (AvgIpc) is 2.78. The van der Waals surface area contributed by atoms with Crippen LogP contribution in [0.3, 0.4) is 0 Å². The van der Waals surface area contributed by atoms with Crippen LogP contribution in [0.4, 0.5) is 0 Å². The second-order valence-corrected chi connectivity index (χ2v) is 6.28. The number of rotatable bonds is 7. The van der Waals surface area contributed by atoms with Crippen molar-refractivity contribution in [1.82, 2.24) is 0 Å². The Bertz CT molecular complexity index is 982. The topological polar surface area (TPSA) is 36.9 Å². The quantitative estimate of drug-likeness (QED) is 0.423. The molecule has 0 spiro atoms. The van der Waals surface area contributed by atoms with E-state index in [4.69, 9.17) is 18.9 Å². The van der Waals surface area contributed by atoms with Gasteiger partial charge in [-0.25, -0.2) is 0 Å². The Balaban J connectivity index is 1.82. The van der Waals surface area contributed by atoms with Crippen molar-refractivity contribution in [3.63, 3.8) is 0 Å². The van der Waals surface area contributed by atoms with Crippen LogP contribution in [0, 0.1) is 11.8 Å². The van der Waals surface area contributed by atoms with Gasteiger partial charge in [-0.3, -0.25) is 0 Å². The van der Waals surface area contributed by atoms with Crippen LogP contribution in [-0.2, 0) is 16.1 Å². The second kappa shape index (κ2) is 10.3. The number of benzene rings is 3. The molecule has 3 aromatic carbocycles. The van der Waals surface area contributed by atoms with Gasteiger partial charge in [0.15, 0.2) is 6.29 Å². The summed E-state index contributed by atoms with van der Waals surface area (Å²) >= 11 is 0. The zero-order chi connectivity index (χ0) is 20.5. The molecule has 0 aliphatic heterocycles. The van der Waals surface area contributed by atoms with Gasteiger partial charge in [0.05, 0.1) is 18.2 Å². The molecular formula is C25H24O4. The third-order valence-electron chi connectivity index (χ3n) is 4.38. The maximum Gasteiger partial charge on any atom is 0.183 e. The largest absolute Gasteiger partial charge is 0.495 e. The molecule has 0 saturated carbocycles. The predicted octanol–water partition coefficient (Wildman–Crippen LogP) is 4.97. The maximum atomic E-state index is 5.98. The first-order valence-corrected chi connectivity index (χ1v) is 9.26. The van der Waals surface area contributed by atoms with Crippen LogP contribution < -0.4 is 9.47 Å². The number of ether oxygens (including phenoxy) is 4. The molecule has 0 bridgehead atoms. The second-order valence-electron chi connectivity index (χ2n) is 6.28. The zero-order valence-corrected chi connectivity index (χ0v) is 16.8. The number of hydrogen-bond acceptors (Lipinski definition) is 4. The van der Waals surface area contributed by atoms with E-state index in [0.29, 0.717) is 12.4 Å². The minimum absolute atomic E-state index is 0.446. The Labute approximate surface area is 172 Å². The van der Waals surface area contributed by atoms with Gasteiger partial charge in [0.2, 0.25) is 0 Å².